The van der Waals surface area contributed by atoms with Gasteiger partial charge in [0.2, 0.25) is 5.28 Å². The Kier molecular flexibility index (Phi) is 5.79. The number of hydrogen-bond donors (Lipinski definition) is 0. The molecule has 4 rings (SSSR count). The number of hydrogen-bond acceptors (Lipinski definition) is 7. The summed E-state index contributed by atoms with van der Waals surface area (Å²) in [7, 11) is 0. The van der Waals surface area contributed by atoms with Crippen molar-refractivity contribution in [2.45, 2.75) is 26.9 Å². The third kappa shape index (κ3) is 4.06. The molecule has 0 spiro atoms. The lowest BCUT2D eigenvalue weighted by molar-refractivity contribution is 0.0383. The number of ether oxygens (including phenoxy) is 1. The molecular weight excluding hydrogens is 427 g/mol. The summed E-state index contributed by atoms with van der Waals surface area (Å²) in [6.07, 6.45) is -0.198. The topological polar surface area (TPSA) is 58.6 Å². The van der Waals surface area contributed by atoms with Gasteiger partial charge in [-0.3, -0.25) is 0 Å². The molecule has 0 amide bonds. The van der Waals surface area contributed by atoms with Gasteiger partial charge in [-0.25, -0.2) is 14.2 Å². The maximum atomic E-state index is 13.2. The van der Waals surface area contributed by atoms with Crippen LogP contribution >= 0.6 is 22.9 Å². The Balaban J connectivity index is 1.62. The van der Waals surface area contributed by atoms with Gasteiger partial charge in [0.15, 0.2) is 0 Å². The summed E-state index contributed by atoms with van der Waals surface area (Å²) in [4.78, 5) is 26.9. The molecule has 0 radical (unpaired) electrons. The molecule has 1 aliphatic rings. The van der Waals surface area contributed by atoms with Crippen LogP contribution in [0.25, 0.3) is 10.2 Å². The van der Waals surface area contributed by atoms with Gasteiger partial charge < -0.3 is 14.5 Å². The molecule has 158 valence electrons. The Morgan fingerprint density at radius 2 is 1.77 bits per heavy atom. The molecule has 3 heterocycles. The molecular formula is C21H22ClFN4O2S. The Labute approximate surface area is 183 Å². The Hall–Kier alpha value is -2.45. The third-order valence-corrected chi connectivity index (χ3v) is 6.38. The monoisotopic (exact) mass is 448 g/mol. The zero-order chi connectivity index (χ0) is 21.4. The Morgan fingerprint density at radius 3 is 2.40 bits per heavy atom. The molecule has 0 saturated carbocycles. The van der Waals surface area contributed by atoms with E-state index in [1.165, 1.54) is 23.5 Å². The lowest BCUT2D eigenvalue weighted by atomic mass is 10.1. The lowest BCUT2D eigenvalue weighted by Crippen LogP contribution is -2.47. The van der Waals surface area contributed by atoms with Gasteiger partial charge in [0.25, 0.3) is 0 Å². The van der Waals surface area contributed by atoms with Crippen LogP contribution in [0.4, 0.5) is 15.9 Å². The fourth-order valence-corrected chi connectivity index (χ4v) is 4.89. The van der Waals surface area contributed by atoms with Gasteiger partial charge in [0.1, 0.15) is 21.3 Å². The van der Waals surface area contributed by atoms with Crippen molar-refractivity contribution in [1.29, 1.82) is 0 Å². The average molecular weight is 449 g/mol. The fraction of sp³-hybridized carbons (Fsp3) is 0.381. The maximum Gasteiger partial charge on any atom is 0.348 e. The van der Waals surface area contributed by atoms with Crippen LogP contribution in [0.1, 0.15) is 29.1 Å². The third-order valence-electron chi connectivity index (χ3n) is 5.04. The summed E-state index contributed by atoms with van der Waals surface area (Å²) >= 11 is 7.49. The van der Waals surface area contributed by atoms with E-state index in [0.29, 0.717) is 9.71 Å². The maximum absolute atomic E-state index is 13.2. The molecule has 0 bridgehead atoms. The smallest absolute Gasteiger partial charge is 0.348 e. The predicted molar refractivity (Wildman–Crippen MR) is 119 cm³/mol. The van der Waals surface area contributed by atoms with Crippen LogP contribution < -0.4 is 9.80 Å². The first-order valence-corrected chi connectivity index (χ1v) is 11.0. The number of benzene rings is 1. The van der Waals surface area contributed by atoms with Crippen molar-refractivity contribution in [2.24, 2.45) is 0 Å². The van der Waals surface area contributed by atoms with Crippen molar-refractivity contribution in [1.82, 2.24) is 9.97 Å². The van der Waals surface area contributed by atoms with Gasteiger partial charge in [-0.2, -0.15) is 4.98 Å². The molecule has 30 heavy (non-hydrogen) atoms. The second-order valence-corrected chi connectivity index (χ2v) is 8.79. The minimum Gasteiger partial charge on any atom is -0.459 e. The molecule has 1 aliphatic heterocycles. The van der Waals surface area contributed by atoms with Crippen molar-refractivity contribution >= 4 is 50.6 Å². The van der Waals surface area contributed by atoms with Crippen LogP contribution in [0.5, 0.6) is 0 Å². The van der Waals surface area contributed by atoms with Crippen LogP contribution in [-0.4, -0.2) is 48.2 Å². The molecule has 0 atom stereocenters. The summed E-state index contributed by atoms with van der Waals surface area (Å²) in [5.74, 6) is 0.143. The normalized spacial score (nSPS) is 14.6. The number of carbonyl (C=O) groups excluding carboxylic acids is 1. The molecule has 0 unspecified atom stereocenters. The van der Waals surface area contributed by atoms with Gasteiger partial charge in [-0.05, 0) is 62.2 Å². The number of piperazine rings is 1. The van der Waals surface area contributed by atoms with Crippen LogP contribution in [0.2, 0.25) is 5.28 Å². The molecule has 2 aromatic heterocycles. The highest BCUT2D eigenvalue weighted by atomic mass is 35.5. The largest absolute Gasteiger partial charge is 0.459 e. The van der Waals surface area contributed by atoms with Gasteiger partial charge in [0.05, 0.1) is 11.5 Å². The molecule has 1 fully saturated rings. The van der Waals surface area contributed by atoms with Crippen molar-refractivity contribution in [3.8, 4) is 0 Å². The zero-order valence-electron chi connectivity index (χ0n) is 17.0. The first kappa shape index (κ1) is 20.8. The minimum atomic E-state index is -0.353. The number of rotatable bonds is 4. The number of thiophene rings is 1. The van der Waals surface area contributed by atoms with Crippen LogP contribution in [-0.2, 0) is 4.74 Å². The number of fused-ring (bicyclic) bond motifs is 1. The van der Waals surface area contributed by atoms with Crippen molar-refractivity contribution in [2.75, 3.05) is 36.0 Å². The second kappa shape index (κ2) is 8.35. The van der Waals surface area contributed by atoms with E-state index in [0.717, 1.165) is 48.6 Å². The molecule has 0 N–H and O–H groups in total. The van der Waals surface area contributed by atoms with E-state index in [4.69, 9.17) is 16.3 Å². The number of anilines is 2. The first-order chi connectivity index (χ1) is 14.3. The second-order valence-electron chi connectivity index (χ2n) is 7.46. The van der Waals surface area contributed by atoms with E-state index in [1.54, 1.807) is 12.1 Å². The van der Waals surface area contributed by atoms with E-state index in [1.807, 2.05) is 20.8 Å². The lowest BCUT2D eigenvalue weighted by Gasteiger charge is -2.37. The number of esters is 1. The van der Waals surface area contributed by atoms with Crippen LogP contribution in [0.3, 0.4) is 0 Å². The van der Waals surface area contributed by atoms with Crippen molar-refractivity contribution < 1.29 is 13.9 Å². The highest BCUT2D eigenvalue weighted by Gasteiger charge is 2.26. The van der Waals surface area contributed by atoms with Gasteiger partial charge in [-0.1, -0.05) is 0 Å². The molecule has 1 saturated heterocycles. The Bertz CT molecular complexity index is 1080. The van der Waals surface area contributed by atoms with Crippen LogP contribution in [0, 0.1) is 12.7 Å². The van der Waals surface area contributed by atoms with E-state index in [2.05, 4.69) is 19.8 Å². The summed E-state index contributed by atoms with van der Waals surface area (Å²) in [6, 6.07) is 6.53. The van der Waals surface area contributed by atoms with E-state index < -0.39 is 0 Å². The molecule has 0 aliphatic carbocycles. The summed E-state index contributed by atoms with van der Waals surface area (Å²) in [5.41, 5.74) is 1.81. The number of nitrogens with zero attached hydrogens (tertiary/aromatic N) is 4. The molecule has 3 aromatic rings. The van der Waals surface area contributed by atoms with E-state index in [9.17, 15) is 9.18 Å². The molecule has 1 aromatic carbocycles. The van der Waals surface area contributed by atoms with E-state index >= 15 is 0 Å². The van der Waals surface area contributed by atoms with Gasteiger partial charge in [0, 0.05) is 31.9 Å². The van der Waals surface area contributed by atoms with Gasteiger partial charge >= 0.3 is 5.97 Å². The summed E-state index contributed by atoms with van der Waals surface area (Å²) in [5, 5.41) is 0.999. The molecule has 9 heteroatoms. The van der Waals surface area contributed by atoms with Crippen molar-refractivity contribution in [3.05, 3.63) is 45.8 Å². The standard InChI is InChI=1S/C21H22ClFN4O2S/c1-12(2)29-20(28)17-13(3)16-18(24-21(22)25-19(16)30-17)27-10-8-26(9-11-27)15-6-4-14(23)5-7-15/h4-7,12H,8-11H2,1-3H3. The number of aromatic nitrogens is 2. The summed E-state index contributed by atoms with van der Waals surface area (Å²) in [6.45, 7) is 8.51. The molecule has 6 nitrogen and oxygen atoms in total. The number of aryl methyl sites for hydroxylation is 1. The van der Waals surface area contributed by atoms with Crippen LogP contribution in [0.15, 0.2) is 24.3 Å². The van der Waals surface area contributed by atoms with E-state index in [-0.39, 0.29) is 23.2 Å². The highest BCUT2D eigenvalue weighted by Crippen LogP contribution is 2.37. The SMILES string of the molecule is Cc1c(C(=O)OC(C)C)sc2nc(Cl)nc(N3CCN(c4ccc(F)cc4)CC3)c12. The first-order valence-electron chi connectivity index (χ1n) is 9.76. The fourth-order valence-electron chi connectivity index (χ4n) is 3.61. The summed E-state index contributed by atoms with van der Waals surface area (Å²) < 4.78 is 18.6. The van der Waals surface area contributed by atoms with Crippen molar-refractivity contribution in [3.63, 3.8) is 0 Å². The Morgan fingerprint density at radius 1 is 1.13 bits per heavy atom. The van der Waals surface area contributed by atoms with Gasteiger partial charge in [-0.15, -0.1) is 11.3 Å². The number of halogens is 2. The highest BCUT2D eigenvalue weighted by molar-refractivity contribution is 7.20. The quantitative estimate of drug-likeness (QED) is 0.426. The number of carbonyl (C=O) groups is 1. The average Bonchev–Trinajstić information content (AvgIpc) is 3.04. The minimum absolute atomic E-state index is 0.156. The zero-order valence-corrected chi connectivity index (χ0v) is 18.6. The predicted octanol–water partition coefficient (Wildman–Crippen LogP) is 4.68.